The number of nitrogens with one attached hydrogen (secondary N) is 1. The van der Waals surface area contributed by atoms with E-state index >= 15 is 0 Å². The lowest BCUT2D eigenvalue weighted by atomic mass is 10.1. The molecular formula is C19H16N4O3. The number of nitrogens with zero attached hydrogens (tertiary/aromatic N) is 3. The molecule has 2 aromatic heterocycles. The van der Waals surface area contributed by atoms with Gasteiger partial charge in [-0.2, -0.15) is 4.80 Å². The number of carbonyl (C=O) groups excluding carboxylic acids is 1. The van der Waals surface area contributed by atoms with E-state index in [0.717, 1.165) is 22.5 Å². The van der Waals surface area contributed by atoms with Crippen LogP contribution in [0.25, 0.3) is 16.7 Å². The van der Waals surface area contributed by atoms with Crippen LogP contribution in [-0.2, 0) is 0 Å². The fraction of sp³-hybridized carbons (Fsp3) is 0.105. The second-order valence-corrected chi connectivity index (χ2v) is 5.77. The number of hydrogen-bond acceptors (Lipinski definition) is 5. The van der Waals surface area contributed by atoms with Gasteiger partial charge in [0.25, 0.3) is 5.91 Å². The minimum absolute atomic E-state index is 0.256. The fourth-order valence-electron chi connectivity index (χ4n) is 2.63. The summed E-state index contributed by atoms with van der Waals surface area (Å²) in [7, 11) is 1.62. The van der Waals surface area contributed by atoms with E-state index in [9.17, 15) is 4.79 Å². The lowest BCUT2D eigenvalue weighted by molar-refractivity contribution is 0.0996. The van der Waals surface area contributed by atoms with Crippen LogP contribution in [0, 0.1) is 6.92 Å². The zero-order valence-corrected chi connectivity index (χ0v) is 14.3. The Balaban J connectivity index is 1.67. The largest absolute Gasteiger partial charge is 0.497 e. The third-order valence-corrected chi connectivity index (χ3v) is 4.02. The smallest absolute Gasteiger partial charge is 0.291 e. The summed E-state index contributed by atoms with van der Waals surface area (Å²) in [5, 5.41) is 11.8. The minimum atomic E-state index is -0.306. The van der Waals surface area contributed by atoms with Gasteiger partial charge in [-0.1, -0.05) is 0 Å². The lowest BCUT2D eigenvalue weighted by Crippen LogP contribution is -2.11. The average Bonchev–Trinajstić information content (AvgIpc) is 3.32. The maximum atomic E-state index is 12.2. The normalized spacial score (nSPS) is 10.8. The van der Waals surface area contributed by atoms with Gasteiger partial charge in [0.15, 0.2) is 5.76 Å². The molecule has 2 aromatic carbocycles. The summed E-state index contributed by atoms with van der Waals surface area (Å²) >= 11 is 0. The molecule has 0 bridgehead atoms. The Morgan fingerprint density at radius 2 is 1.85 bits per heavy atom. The Bertz CT molecular complexity index is 1070. The second-order valence-electron chi connectivity index (χ2n) is 5.77. The topological polar surface area (TPSA) is 82.2 Å². The highest BCUT2D eigenvalue weighted by Gasteiger charge is 2.13. The van der Waals surface area contributed by atoms with Gasteiger partial charge in [-0.05, 0) is 61.0 Å². The van der Waals surface area contributed by atoms with Gasteiger partial charge in [0.2, 0.25) is 0 Å². The molecule has 0 fully saturated rings. The zero-order valence-electron chi connectivity index (χ0n) is 14.3. The first-order valence-electron chi connectivity index (χ1n) is 8.01. The van der Waals surface area contributed by atoms with Crippen molar-refractivity contribution < 1.29 is 13.9 Å². The van der Waals surface area contributed by atoms with Crippen LogP contribution in [0.3, 0.4) is 0 Å². The quantitative estimate of drug-likeness (QED) is 0.609. The molecule has 130 valence electrons. The maximum absolute atomic E-state index is 12.2. The second kappa shape index (κ2) is 6.36. The van der Waals surface area contributed by atoms with E-state index in [1.807, 2.05) is 37.3 Å². The van der Waals surface area contributed by atoms with Crippen molar-refractivity contribution in [3.63, 3.8) is 0 Å². The van der Waals surface area contributed by atoms with E-state index in [-0.39, 0.29) is 11.7 Å². The molecule has 0 atom stereocenters. The van der Waals surface area contributed by atoms with Gasteiger partial charge >= 0.3 is 0 Å². The van der Waals surface area contributed by atoms with Gasteiger partial charge in [0, 0.05) is 5.69 Å². The first-order valence-corrected chi connectivity index (χ1v) is 8.01. The number of hydrogen-bond donors (Lipinski definition) is 1. The van der Waals surface area contributed by atoms with Gasteiger partial charge in [-0.15, -0.1) is 10.2 Å². The molecule has 0 aliphatic heterocycles. The van der Waals surface area contributed by atoms with Crippen molar-refractivity contribution in [3.8, 4) is 11.4 Å². The Morgan fingerprint density at radius 1 is 1.12 bits per heavy atom. The van der Waals surface area contributed by atoms with Crippen LogP contribution in [0.4, 0.5) is 5.69 Å². The highest BCUT2D eigenvalue weighted by molar-refractivity contribution is 6.03. The van der Waals surface area contributed by atoms with Gasteiger partial charge in [0.05, 0.1) is 19.1 Å². The fourth-order valence-corrected chi connectivity index (χ4v) is 2.63. The molecule has 4 rings (SSSR count). The van der Waals surface area contributed by atoms with Crippen molar-refractivity contribution in [1.82, 2.24) is 15.0 Å². The van der Waals surface area contributed by atoms with Crippen LogP contribution >= 0.6 is 0 Å². The Labute approximate surface area is 149 Å². The molecule has 0 aliphatic carbocycles. The lowest BCUT2D eigenvalue weighted by Gasteiger charge is -2.06. The average molecular weight is 348 g/mol. The van der Waals surface area contributed by atoms with E-state index in [1.165, 1.54) is 6.26 Å². The van der Waals surface area contributed by atoms with Crippen LogP contribution in [-0.4, -0.2) is 28.0 Å². The van der Waals surface area contributed by atoms with Crippen molar-refractivity contribution >= 4 is 22.6 Å². The molecule has 0 spiro atoms. The van der Waals surface area contributed by atoms with Gasteiger partial charge in [-0.25, -0.2) is 0 Å². The maximum Gasteiger partial charge on any atom is 0.291 e. The minimum Gasteiger partial charge on any atom is -0.497 e. The van der Waals surface area contributed by atoms with Gasteiger partial charge in [-0.3, -0.25) is 4.79 Å². The summed E-state index contributed by atoms with van der Waals surface area (Å²) in [6.07, 6.45) is 1.46. The Hall–Kier alpha value is -3.61. The van der Waals surface area contributed by atoms with E-state index in [2.05, 4.69) is 15.5 Å². The Morgan fingerprint density at radius 3 is 2.50 bits per heavy atom. The van der Waals surface area contributed by atoms with E-state index in [1.54, 1.807) is 30.1 Å². The van der Waals surface area contributed by atoms with Crippen molar-refractivity contribution in [2.75, 3.05) is 12.4 Å². The van der Waals surface area contributed by atoms with Crippen LogP contribution < -0.4 is 10.1 Å². The molecule has 1 amide bonds. The molecule has 26 heavy (non-hydrogen) atoms. The molecule has 2 heterocycles. The number of amides is 1. The number of anilines is 1. The van der Waals surface area contributed by atoms with Crippen molar-refractivity contribution in [2.45, 2.75) is 6.92 Å². The van der Waals surface area contributed by atoms with Crippen LogP contribution in [0.2, 0.25) is 0 Å². The zero-order chi connectivity index (χ0) is 18.1. The number of carbonyl (C=O) groups is 1. The van der Waals surface area contributed by atoms with E-state index in [0.29, 0.717) is 11.2 Å². The summed E-state index contributed by atoms with van der Waals surface area (Å²) in [4.78, 5) is 13.7. The summed E-state index contributed by atoms with van der Waals surface area (Å²) in [6.45, 7) is 1.91. The predicted octanol–water partition coefficient (Wildman–Crippen LogP) is 3.58. The van der Waals surface area contributed by atoms with Crippen LogP contribution in [0.15, 0.2) is 59.2 Å². The van der Waals surface area contributed by atoms with Crippen LogP contribution in [0.5, 0.6) is 5.75 Å². The standard InChI is InChI=1S/C19H16N4O3/c1-12-10-16-17(11-15(12)20-19(24)18-4-3-9-26-18)22-23(21-16)13-5-7-14(25-2)8-6-13/h3-11H,1-2H3,(H,20,24). The number of fused-ring (bicyclic) bond motifs is 1. The highest BCUT2D eigenvalue weighted by atomic mass is 16.5. The molecule has 0 saturated carbocycles. The molecule has 0 aliphatic rings. The number of aromatic nitrogens is 3. The third kappa shape index (κ3) is 2.90. The predicted molar refractivity (Wildman–Crippen MR) is 96.8 cm³/mol. The number of ether oxygens (including phenoxy) is 1. The number of rotatable bonds is 4. The molecule has 1 N–H and O–H groups in total. The molecule has 0 saturated heterocycles. The molecule has 0 radical (unpaired) electrons. The van der Waals surface area contributed by atoms with Crippen molar-refractivity contribution in [1.29, 1.82) is 0 Å². The van der Waals surface area contributed by atoms with Gasteiger partial charge < -0.3 is 14.5 Å². The van der Waals surface area contributed by atoms with Crippen molar-refractivity contribution in [3.05, 3.63) is 66.1 Å². The molecule has 4 aromatic rings. The first kappa shape index (κ1) is 15.9. The molecule has 7 heteroatoms. The summed E-state index contributed by atoms with van der Waals surface area (Å²) in [5.74, 6) is 0.718. The van der Waals surface area contributed by atoms with Crippen molar-refractivity contribution in [2.24, 2.45) is 0 Å². The number of aryl methyl sites for hydroxylation is 1. The molecule has 0 unspecified atom stereocenters. The van der Waals surface area contributed by atoms with Crippen LogP contribution in [0.1, 0.15) is 16.1 Å². The molecule has 7 nitrogen and oxygen atoms in total. The highest BCUT2D eigenvalue weighted by Crippen LogP contribution is 2.23. The summed E-state index contributed by atoms with van der Waals surface area (Å²) in [5.41, 5.74) is 3.80. The van der Waals surface area contributed by atoms with E-state index < -0.39 is 0 Å². The summed E-state index contributed by atoms with van der Waals surface area (Å²) in [6, 6.07) is 14.4. The molecular weight excluding hydrogens is 332 g/mol. The van der Waals surface area contributed by atoms with E-state index in [4.69, 9.17) is 9.15 Å². The number of benzene rings is 2. The number of furan rings is 1. The van der Waals surface area contributed by atoms with Gasteiger partial charge in [0.1, 0.15) is 16.8 Å². The Kier molecular flexibility index (Phi) is 3.89. The summed E-state index contributed by atoms with van der Waals surface area (Å²) < 4.78 is 10.3. The monoisotopic (exact) mass is 348 g/mol. The first-order chi connectivity index (χ1) is 12.6. The third-order valence-electron chi connectivity index (χ3n) is 4.02. The number of methoxy groups -OCH3 is 1. The SMILES string of the molecule is COc1ccc(-n2nc3cc(C)c(NC(=O)c4ccco4)cc3n2)cc1.